The molecule has 0 spiro atoms. The number of hydrogen-bond donors (Lipinski definition) is 0. The fourth-order valence-corrected chi connectivity index (χ4v) is 2.21. The van der Waals surface area contributed by atoms with Gasteiger partial charge in [0.1, 0.15) is 0 Å². The molecule has 0 saturated carbocycles. The highest BCUT2D eigenvalue weighted by Crippen LogP contribution is 2.22. The molecular formula is C15H18. The normalized spacial score (nSPS) is 15.1. The molecule has 1 aromatic carbocycles. The molecular weight excluding hydrogens is 180 g/mol. The third-order valence-electron chi connectivity index (χ3n) is 3.20. The van der Waals surface area contributed by atoms with Gasteiger partial charge in [-0.05, 0) is 49.8 Å². The second kappa shape index (κ2) is 4.06. The zero-order chi connectivity index (χ0) is 10.8. The maximum absolute atomic E-state index is 2.32. The van der Waals surface area contributed by atoms with Crippen LogP contribution in [0.2, 0.25) is 0 Å². The van der Waals surface area contributed by atoms with Crippen LogP contribution in [0.3, 0.4) is 0 Å². The van der Waals surface area contributed by atoms with E-state index in [0.717, 1.165) is 6.42 Å². The summed E-state index contributed by atoms with van der Waals surface area (Å²) in [5, 5.41) is 0. The minimum absolute atomic E-state index is 0.602. The van der Waals surface area contributed by atoms with Crippen molar-refractivity contribution >= 4 is 0 Å². The van der Waals surface area contributed by atoms with Crippen molar-refractivity contribution in [1.29, 1.82) is 0 Å². The number of rotatable bonds is 2. The van der Waals surface area contributed by atoms with Crippen LogP contribution in [0.25, 0.3) is 0 Å². The van der Waals surface area contributed by atoms with Crippen LogP contribution < -0.4 is 0 Å². The molecule has 0 fully saturated rings. The molecule has 78 valence electrons. The fourth-order valence-electron chi connectivity index (χ4n) is 2.21. The summed E-state index contributed by atoms with van der Waals surface area (Å²) in [5.74, 6) is 0.602. The van der Waals surface area contributed by atoms with E-state index in [1.54, 1.807) is 0 Å². The van der Waals surface area contributed by atoms with Crippen LogP contribution in [0.5, 0.6) is 0 Å². The highest BCUT2D eigenvalue weighted by atomic mass is 14.1. The van der Waals surface area contributed by atoms with Gasteiger partial charge in [-0.15, -0.1) is 0 Å². The van der Waals surface area contributed by atoms with E-state index in [2.05, 4.69) is 57.2 Å². The predicted molar refractivity (Wildman–Crippen MR) is 66.1 cm³/mol. The van der Waals surface area contributed by atoms with Gasteiger partial charge in [-0.3, -0.25) is 0 Å². The lowest BCUT2D eigenvalue weighted by molar-refractivity contribution is 0.808. The minimum atomic E-state index is 0.602. The van der Waals surface area contributed by atoms with Crippen molar-refractivity contribution in [3.05, 3.63) is 58.7 Å². The maximum Gasteiger partial charge on any atom is -0.000673 e. The summed E-state index contributed by atoms with van der Waals surface area (Å²) in [4.78, 5) is 0. The monoisotopic (exact) mass is 198 g/mol. The van der Waals surface area contributed by atoms with E-state index in [1.807, 2.05) is 0 Å². The van der Waals surface area contributed by atoms with Crippen molar-refractivity contribution in [3.63, 3.8) is 0 Å². The van der Waals surface area contributed by atoms with Crippen molar-refractivity contribution in [3.8, 4) is 0 Å². The zero-order valence-electron chi connectivity index (χ0n) is 9.75. The van der Waals surface area contributed by atoms with E-state index in [4.69, 9.17) is 0 Å². The van der Waals surface area contributed by atoms with Gasteiger partial charge < -0.3 is 0 Å². The first-order valence-corrected chi connectivity index (χ1v) is 5.58. The molecule has 1 aliphatic rings. The second-order valence-corrected chi connectivity index (χ2v) is 4.50. The Bertz CT molecular complexity index is 410. The first kappa shape index (κ1) is 10.2. The van der Waals surface area contributed by atoms with Gasteiger partial charge in [-0.2, -0.15) is 0 Å². The van der Waals surface area contributed by atoms with E-state index < -0.39 is 0 Å². The Balaban J connectivity index is 2.27. The molecule has 2 rings (SSSR count). The van der Waals surface area contributed by atoms with Gasteiger partial charge in [0, 0.05) is 0 Å². The number of allylic oxidation sites excluding steroid dienone is 4. The molecule has 0 unspecified atom stereocenters. The maximum atomic E-state index is 2.32. The molecule has 0 atom stereocenters. The molecule has 0 radical (unpaired) electrons. The molecule has 0 N–H and O–H groups in total. The summed E-state index contributed by atoms with van der Waals surface area (Å²) in [7, 11) is 0. The van der Waals surface area contributed by atoms with Crippen molar-refractivity contribution in [2.75, 3.05) is 0 Å². The molecule has 0 heteroatoms. The molecule has 0 nitrogen and oxygen atoms in total. The van der Waals surface area contributed by atoms with Gasteiger partial charge in [0.25, 0.3) is 0 Å². The summed E-state index contributed by atoms with van der Waals surface area (Å²) in [5.41, 5.74) is 5.73. The zero-order valence-corrected chi connectivity index (χ0v) is 9.75. The van der Waals surface area contributed by atoms with E-state index >= 15 is 0 Å². The summed E-state index contributed by atoms with van der Waals surface area (Å²) < 4.78 is 0. The lowest BCUT2D eigenvalue weighted by Crippen LogP contribution is -2.00. The summed E-state index contributed by atoms with van der Waals surface area (Å²) in [6.07, 6.45) is 9.97. The highest BCUT2D eigenvalue weighted by Gasteiger charge is 2.08. The predicted octanol–water partition coefficient (Wildman–Crippen LogP) is 3.90. The molecule has 15 heavy (non-hydrogen) atoms. The van der Waals surface area contributed by atoms with Gasteiger partial charge in [0.05, 0.1) is 0 Å². The van der Waals surface area contributed by atoms with Crippen LogP contribution in [-0.2, 0) is 6.42 Å². The first-order chi connectivity index (χ1) is 7.16. The number of aryl methyl sites for hydroxylation is 2. The molecule has 1 aliphatic carbocycles. The third-order valence-corrected chi connectivity index (χ3v) is 3.20. The van der Waals surface area contributed by atoms with Gasteiger partial charge in [0.15, 0.2) is 0 Å². The van der Waals surface area contributed by atoms with Gasteiger partial charge in [-0.1, -0.05) is 42.0 Å². The topological polar surface area (TPSA) is 0 Å². The lowest BCUT2D eigenvalue weighted by Gasteiger charge is -2.12. The van der Waals surface area contributed by atoms with E-state index in [1.165, 1.54) is 22.3 Å². The molecule has 0 bridgehead atoms. The van der Waals surface area contributed by atoms with Crippen molar-refractivity contribution in [1.82, 2.24) is 0 Å². The number of benzene rings is 1. The van der Waals surface area contributed by atoms with E-state index in [9.17, 15) is 0 Å². The lowest BCUT2D eigenvalue weighted by atomic mass is 9.93. The smallest absolute Gasteiger partial charge is 0.000673 e. The van der Waals surface area contributed by atoms with Crippen molar-refractivity contribution < 1.29 is 0 Å². The minimum Gasteiger partial charge on any atom is -0.0773 e. The average Bonchev–Trinajstić information content (AvgIpc) is 2.66. The summed E-state index contributed by atoms with van der Waals surface area (Å²) in [6, 6.07) is 4.58. The molecule has 0 saturated heterocycles. The molecule has 0 amide bonds. The Kier molecular flexibility index (Phi) is 2.77. The van der Waals surface area contributed by atoms with Gasteiger partial charge in [0.2, 0.25) is 0 Å². The Morgan fingerprint density at radius 1 is 1.00 bits per heavy atom. The van der Waals surface area contributed by atoms with Crippen LogP contribution in [0.1, 0.15) is 22.3 Å². The Morgan fingerprint density at radius 3 is 2.33 bits per heavy atom. The largest absolute Gasteiger partial charge is 0.0773 e. The van der Waals surface area contributed by atoms with Crippen molar-refractivity contribution in [2.45, 2.75) is 27.2 Å². The summed E-state index contributed by atoms with van der Waals surface area (Å²) in [6.45, 7) is 6.61. The Hall–Kier alpha value is -1.30. The Labute approximate surface area is 92.3 Å². The average molecular weight is 198 g/mol. The van der Waals surface area contributed by atoms with Gasteiger partial charge >= 0.3 is 0 Å². The highest BCUT2D eigenvalue weighted by molar-refractivity contribution is 5.38. The quantitative estimate of drug-likeness (QED) is 0.676. The van der Waals surface area contributed by atoms with Crippen LogP contribution >= 0.6 is 0 Å². The van der Waals surface area contributed by atoms with Gasteiger partial charge in [-0.25, -0.2) is 0 Å². The molecule has 0 aromatic heterocycles. The molecule has 0 heterocycles. The van der Waals surface area contributed by atoms with Crippen LogP contribution in [0, 0.1) is 26.7 Å². The van der Waals surface area contributed by atoms with E-state index in [-0.39, 0.29) is 0 Å². The first-order valence-electron chi connectivity index (χ1n) is 5.58. The standard InChI is InChI=1S/C15H18/c1-11-8-12(2)13(3)15(9-11)10-14-6-4-5-7-14/h4-9,14H,10H2,1-3H3. The molecule has 0 aliphatic heterocycles. The number of hydrogen-bond acceptors (Lipinski definition) is 0. The SMILES string of the molecule is Cc1cc(C)c(C)c(CC2C=CC=C2)c1. The summed E-state index contributed by atoms with van der Waals surface area (Å²) >= 11 is 0. The van der Waals surface area contributed by atoms with Crippen LogP contribution in [-0.4, -0.2) is 0 Å². The molecule has 1 aromatic rings. The van der Waals surface area contributed by atoms with Crippen LogP contribution in [0.4, 0.5) is 0 Å². The van der Waals surface area contributed by atoms with Crippen LogP contribution in [0.15, 0.2) is 36.4 Å². The third kappa shape index (κ3) is 2.20. The fraction of sp³-hybridized carbons (Fsp3) is 0.333. The van der Waals surface area contributed by atoms with E-state index in [0.29, 0.717) is 5.92 Å². The Morgan fingerprint density at radius 2 is 1.67 bits per heavy atom. The van der Waals surface area contributed by atoms with Crippen molar-refractivity contribution in [2.24, 2.45) is 5.92 Å². The second-order valence-electron chi connectivity index (χ2n) is 4.50.